The third-order valence-electron chi connectivity index (χ3n) is 3.11. The maximum Gasteiger partial charge on any atom is 0.147 e. The molecular formula is C15H15N3OS. The molecule has 2 aromatic heterocycles. The summed E-state index contributed by atoms with van der Waals surface area (Å²) in [6.45, 7) is 0.844. The van der Waals surface area contributed by atoms with Crippen LogP contribution in [0.15, 0.2) is 42.0 Å². The first-order chi connectivity index (χ1) is 9.86. The lowest BCUT2D eigenvalue weighted by Crippen LogP contribution is -2.06. The number of benzene rings is 1. The van der Waals surface area contributed by atoms with Crippen molar-refractivity contribution >= 4 is 27.4 Å². The zero-order valence-electron chi connectivity index (χ0n) is 11.2. The second kappa shape index (κ2) is 5.88. The molecular weight excluding hydrogens is 270 g/mol. The van der Waals surface area contributed by atoms with E-state index in [4.69, 9.17) is 4.74 Å². The minimum absolute atomic E-state index is 0.844. The molecule has 0 saturated carbocycles. The van der Waals surface area contributed by atoms with Crippen molar-refractivity contribution in [2.24, 2.45) is 0 Å². The summed E-state index contributed by atoms with van der Waals surface area (Å²) in [6, 6.07) is 10.1. The Kier molecular flexibility index (Phi) is 3.78. The van der Waals surface area contributed by atoms with Gasteiger partial charge in [-0.15, -0.1) is 11.3 Å². The van der Waals surface area contributed by atoms with Gasteiger partial charge in [-0.1, -0.05) is 12.1 Å². The Morgan fingerprint density at radius 3 is 2.80 bits per heavy atom. The van der Waals surface area contributed by atoms with E-state index in [1.165, 1.54) is 5.56 Å². The van der Waals surface area contributed by atoms with Gasteiger partial charge in [0.15, 0.2) is 0 Å². The third kappa shape index (κ3) is 2.72. The van der Waals surface area contributed by atoms with Gasteiger partial charge in [-0.3, -0.25) is 0 Å². The molecule has 3 rings (SSSR count). The molecule has 102 valence electrons. The summed E-state index contributed by atoms with van der Waals surface area (Å²) < 4.78 is 6.26. The highest BCUT2D eigenvalue weighted by atomic mass is 32.1. The fourth-order valence-corrected chi connectivity index (χ4v) is 2.84. The van der Waals surface area contributed by atoms with Crippen LogP contribution in [0.1, 0.15) is 5.56 Å². The minimum atomic E-state index is 0.844. The Balaban J connectivity index is 1.63. The molecule has 20 heavy (non-hydrogen) atoms. The highest BCUT2D eigenvalue weighted by Gasteiger charge is 2.04. The van der Waals surface area contributed by atoms with Gasteiger partial charge in [0, 0.05) is 6.54 Å². The summed E-state index contributed by atoms with van der Waals surface area (Å²) >= 11 is 1.66. The van der Waals surface area contributed by atoms with E-state index in [0.29, 0.717) is 0 Å². The van der Waals surface area contributed by atoms with Crippen molar-refractivity contribution in [2.45, 2.75) is 6.42 Å². The Bertz CT molecular complexity index is 694. The van der Waals surface area contributed by atoms with Crippen LogP contribution in [0.2, 0.25) is 0 Å². The number of fused-ring (bicyclic) bond motifs is 1. The number of hydrogen-bond acceptors (Lipinski definition) is 5. The van der Waals surface area contributed by atoms with Gasteiger partial charge in [0.05, 0.1) is 17.3 Å². The molecule has 0 spiro atoms. The van der Waals surface area contributed by atoms with Crippen molar-refractivity contribution < 1.29 is 4.74 Å². The van der Waals surface area contributed by atoms with Crippen molar-refractivity contribution in [3.05, 3.63) is 47.6 Å². The molecule has 4 nitrogen and oxygen atoms in total. The number of ether oxygens (including phenoxy) is 1. The van der Waals surface area contributed by atoms with Crippen molar-refractivity contribution in [3.63, 3.8) is 0 Å². The first-order valence-corrected chi connectivity index (χ1v) is 7.30. The van der Waals surface area contributed by atoms with Crippen LogP contribution >= 0.6 is 11.3 Å². The normalized spacial score (nSPS) is 10.7. The van der Waals surface area contributed by atoms with E-state index in [1.807, 2.05) is 23.6 Å². The molecule has 0 aliphatic heterocycles. The van der Waals surface area contributed by atoms with Crippen molar-refractivity contribution in [2.75, 3.05) is 19.0 Å². The number of methoxy groups -OCH3 is 1. The molecule has 0 bridgehead atoms. The van der Waals surface area contributed by atoms with Gasteiger partial charge in [0.25, 0.3) is 0 Å². The van der Waals surface area contributed by atoms with E-state index in [9.17, 15) is 0 Å². The average Bonchev–Trinajstić information content (AvgIpc) is 2.97. The van der Waals surface area contributed by atoms with Crippen molar-refractivity contribution in [1.29, 1.82) is 0 Å². The number of hydrogen-bond donors (Lipinski definition) is 1. The standard InChI is InChI=1S/C15H15N3OS/c1-19-12-4-2-11(3-5-12)6-8-16-15-14-13(7-9-20-14)17-10-18-15/h2-5,7,9-10H,6,8H2,1H3,(H,16,17,18). The molecule has 0 saturated heterocycles. The van der Waals surface area contributed by atoms with Crippen molar-refractivity contribution in [3.8, 4) is 5.75 Å². The molecule has 0 aliphatic rings. The summed E-state index contributed by atoms with van der Waals surface area (Å²) in [7, 11) is 1.68. The lowest BCUT2D eigenvalue weighted by atomic mass is 10.1. The number of nitrogens with zero attached hydrogens (tertiary/aromatic N) is 2. The predicted octanol–water partition coefficient (Wildman–Crippen LogP) is 3.35. The highest BCUT2D eigenvalue weighted by molar-refractivity contribution is 7.17. The quantitative estimate of drug-likeness (QED) is 0.781. The molecule has 0 radical (unpaired) electrons. The van der Waals surface area contributed by atoms with Crippen LogP contribution in [0.5, 0.6) is 5.75 Å². The maximum absolute atomic E-state index is 5.15. The molecule has 0 fully saturated rings. The van der Waals surface area contributed by atoms with Gasteiger partial charge in [0.2, 0.25) is 0 Å². The average molecular weight is 285 g/mol. The second-order valence-corrected chi connectivity index (χ2v) is 5.30. The molecule has 0 amide bonds. The third-order valence-corrected chi connectivity index (χ3v) is 4.02. The van der Waals surface area contributed by atoms with Crippen LogP contribution in [0.3, 0.4) is 0 Å². The SMILES string of the molecule is COc1ccc(CCNc2ncnc3ccsc23)cc1. The van der Waals surface area contributed by atoms with Crippen LogP contribution in [-0.4, -0.2) is 23.6 Å². The van der Waals surface area contributed by atoms with Crippen LogP contribution in [0.25, 0.3) is 10.2 Å². The fourth-order valence-electron chi connectivity index (χ4n) is 2.03. The van der Waals surface area contributed by atoms with Crippen LogP contribution < -0.4 is 10.1 Å². The fraction of sp³-hybridized carbons (Fsp3) is 0.200. The van der Waals surface area contributed by atoms with E-state index < -0.39 is 0 Å². The molecule has 1 N–H and O–H groups in total. The first-order valence-electron chi connectivity index (χ1n) is 6.42. The Hall–Kier alpha value is -2.14. The molecule has 0 atom stereocenters. The summed E-state index contributed by atoms with van der Waals surface area (Å²) in [5.41, 5.74) is 2.27. The topological polar surface area (TPSA) is 47.0 Å². The molecule has 2 heterocycles. The van der Waals surface area contributed by atoms with Gasteiger partial charge >= 0.3 is 0 Å². The van der Waals surface area contributed by atoms with Gasteiger partial charge in [-0.2, -0.15) is 0 Å². The highest BCUT2D eigenvalue weighted by Crippen LogP contribution is 2.24. The number of rotatable bonds is 5. The lowest BCUT2D eigenvalue weighted by molar-refractivity contribution is 0.414. The van der Waals surface area contributed by atoms with E-state index in [-0.39, 0.29) is 0 Å². The van der Waals surface area contributed by atoms with Gasteiger partial charge < -0.3 is 10.1 Å². The zero-order chi connectivity index (χ0) is 13.8. The van der Waals surface area contributed by atoms with E-state index in [2.05, 4.69) is 27.4 Å². The Morgan fingerprint density at radius 1 is 1.15 bits per heavy atom. The van der Waals surface area contributed by atoms with Crippen molar-refractivity contribution in [1.82, 2.24) is 9.97 Å². The number of aromatic nitrogens is 2. The van der Waals surface area contributed by atoms with Gasteiger partial charge in [-0.05, 0) is 35.6 Å². The lowest BCUT2D eigenvalue weighted by Gasteiger charge is -2.07. The number of anilines is 1. The smallest absolute Gasteiger partial charge is 0.147 e. The Labute approximate surface area is 121 Å². The molecule has 0 aliphatic carbocycles. The van der Waals surface area contributed by atoms with Crippen LogP contribution in [0.4, 0.5) is 5.82 Å². The van der Waals surface area contributed by atoms with E-state index in [0.717, 1.165) is 34.7 Å². The van der Waals surface area contributed by atoms with Gasteiger partial charge in [-0.25, -0.2) is 9.97 Å². The summed E-state index contributed by atoms with van der Waals surface area (Å²) in [4.78, 5) is 8.54. The summed E-state index contributed by atoms with van der Waals surface area (Å²) in [5.74, 6) is 1.80. The van der Waals surface area contributed by atoms with E-state index in [1.54, 1.807) is 24.8 Å². The molecule has 0 unspecified atom stereocenters. The minimum Gasteiger partial charge on any atom is -0.497 e. The monoisotopic (exact) mass is 285 g/mol. The predicted molar refractivity (Wildman–Crippen MR) is 82.6 cm³/mol. The number of thiophene rings is 1. The van der Waals surface area contributed by atoms with Crippen LogP contribution in [0, 0.1) is 0 Å². The van der Waals surface area contributed by atoms with E-state index >= 15 is 0 Å². The first kappa shape index (κ1) is 12.9. The zero-order valence-corrected chi connectivity index (χ0v) is 12.0. The summed E-state index contributed by atoms with van der Waals surface area (Å²) in [5, 5.41) is 5.41. The molecule has 1 aromatic carbocycles. The maximum atomic E-state index is 5.15. The molecule has 3 aromatic rings. The number of nitrogens with one attached hydrogen (secondary N) is 1. The van der Waals surface area contributed by atoms with Gasteiger partial charge in [0.1, 0.15) is 17.9 Å². The van der Waals surface area contributed by atoms with Crippen LogP contribution in [-0.2, 0) is 6.42 Å². The second-order valence-electron chi connectivity index (χ2n) is 4.38. The Morgan fingerprint density at radius 2 is 2.00 bits per heavy atom. The largest absolute Gasteiger partial charge is 0.497 e. The summed E-state index contributed by atoms with van der Waals surface area (Å²) in [6.07, 6.45) is 2.55. The molecule has 5 heteroatoms.